The van der Waals surface area contributed by atoms with Crippen LogP contribution in [0, 0.1) is 0 Å². The standard InChI is InChI=1S/C25H36N4O2/c30-24-11-5-4-10-23(24)29-16-13-21(14-17-29)28-25(26-15-12-22-9-6-18-31-22)27-19-20-7-2-1-3-8-20/h1-3,6-9,18,21,23-24,30H,4-5,10-17,19H2,(H2,26,27,28). The summed E-state index contributed by atoms with van der Waals surface area (Å²) in [6.45, 7) is 3.51. The third-order valence-electron chi connectivity index (χ3n) is 6.54. The van der Waals surface area contributed by atoms with Gasteiger partial charge in [-0.1, -0.05) is 43.2 Å². The lowest BCUT2D eigenvalue weighted by Gasteiger charge is -2.41. The van der Waals surface area contributed by atoms with Gasteiger partial charge >= 0.3 is 0 Å². The quantitative estimate of drug-likeness (QED) is 0.470. The van der Waals surface area contributed by atoms with Gasteiger partial charge in [0.25, 0.3) is 0 Å². The van der Waals surface area contributed by atoms with E-state index in [9.17, 15) is 5.11 Å². The van der Waals surface area contributed by atoms with Crippen LogP contribution in [-0.2, 0) is 13.0 Å². The predicted molar refractivity (Wildman–Crippen MR) is 124 cm³/mol. The van der Waals surface area contributed by atoms with E-state index in [4.69, 9.17) is 9.41 Å². The molecule has 2 unspecified atom stereocenters. The molecule has 4 rings (SSSR count). The lowest BCUT2D eigenvalue weighted by molar-refractivity contribution is 0.00810. The molecule has 1 saturated carbocycles. The minimum atomic E-state index is -0.149. The Labute approximate surface area is 185 Å². The van der Waals surface area contributed by atoms with Crippen molar-refractivity contribution in [2.75, 3.05) is 19.6 Å². The molecule has 2 heterocycles. The van der Waals surface area contributed by atoms with Crippen molar-refractivity contribution in [1.82, 2.24) is 15.5 Å². The number of hydrogen-bond acceptors (Lipinski definition) is 4. The normalized spacial score (nSPS) is 23.6. The second-order valence-corrected chi connectivity index (χ2v) is 8.78. The number of furan rings is 1. The van der Waals surface area contributed by atoms with E-state index in [1.54, 1.807) is 6.26 Å². The van der Waals surface area contributed by atoms with E-state index >= 15 is 0 Å². The van der Waals surface area contributed by atoms with Crippen LogP contribution in [0.2, 0.25) is 0 Å². The average Bonchev–Trinajstić information content (AvgIpc) is 3.33. The van der Waals surface area contributed by atoms with Crippen LogP contribution >= 0.6 is 0 Å². The lowest BCUT2D eigenvalue weighted by Crippen LogP contribution is -2.53. The highest BCUT2D eigenvalue weighted by atomic mass is 16.3. The van der Waals surface area contributed by atoms with Gasteiger partial charge in [-0.2, -0.15) is 0 Å². The zero-order chi connectivity index (χ0) is 21.3. The smallest absolute Gasteiger partial charge is 0.191 e. The first-order valence-corrected chi connectivity index (χ1v) is 11.8. The number of hydrogen-bond donors (Lipinski definition) is 3. The number of rotatable bonds is 7. The monoisotopic (exact) mass is 424 g/mol. The average molecular weight is 425 g/mol. The third kappa shape index (κ3) is 6.58. The summed E-state index contributed by atoms with van der Waals surface area (Å²) in [7, 11) is 0. The molecule has 0 spiro atoms. The molecule has 31 heavy (non-hydrogen) atoms. The summed E-state index contributed by atoms with van der Waals surface area (Å²) in [6, 6.07) is 15.0. The Hall–Kier alpha value is -2.31. The van der Waals surface area contributed by atoms with Gasteiger partial charge < -0.3 is 20.2 Å². The van der Waals surface area contributed by atoms with E-state index in [0.717, 1.165) is 63.5 Å². The molecular formula is C25H36N4O2. The number of aliphatic hydroxyl groups is 1. The van der Waals surface area contributed by atoms with Crippen LogP contribution in [0.25, 0.3) is 0 Å². The fourth-order valence-electron chi connectivity index (χ4n) is 4.75. The van der Waals surface area contributed by atoms with Crippen molar-refractivity contribution >= 4 is 5.96 Å². The topological polar surface area (TPSA) is 73.0 Å². The van der Waals surface area contributed by atoms with Crippen LogP contribution in [-0.4, -0.2) is 53.8 Å². The fraction of sp³-hybridized carbons (Fsp3) is 0.560. The summed E-state index contributed by atoms with van der Waals surface area (Å²) < 4.78 is 5.45. The molecule has 1 aromatic heterocycles. The Morgan fingerprint density at radius 3 is 2.58 bits per heavy atom. The van der Waals surface area contributed by atoms with Crippen molar-refractivity contribution in [3.8, 4) is 0 Å². The largest absolute Gasteiger partial charge is 0.469 e. The highest BCUT2D eigenvalue weighted by molar-refractivity contribution is 5.80. The van der Waals surface area contributed by atoms with Crippen molar-refractivity contribution in [3.63, 3.8) is 0 Å². The Kier molecular flexibility index (Phi) is 8.02. The Morgan fingerprint density at radius 2 is 1.84 bits per heavy atom. The Morgan fingerprint density at radius 1 is 1.03 bits per heavy atom. The molecule has 168 valence electrons. The van der Waals surface area contributed by atoms with Crippen LogP contribution in [0.4, 0.5) is 0 Å². The number of guanidine groups is 1. The number of aliphatic imine (C=N–C) groups is 1. The van der Waals surface area contributed by atoms with Crippen molar-refractivity contribution in [2.24, 2.45) is 4.99 Å². The summed E-state index contributed by atoms with van der Waals surface area (Å²) in [6.07, 6.45) is 9.06. The van der Waals surface area contributed by atoms with Crippen LogP contribution in [0.1, 0.15) is 49.8 Å². The molecule has 1 aliphatic heterocycles. The van der Waals surface area contributed by atoms with Crippen molar-refractivity contribution < 1.29 is 9.52 Å². The summed E-state index contributed by atoms with van der Waals surface area (Å²) >= 11 is 0. The number of likely N-dealkylation sites (tertiary alicyclic amines) is 1. The van der Waals surface area contributed by atoms with Gasteiger partial charge in [0.2, 0.25) is 0 Å². The molecule has 0 radical (unpaired) electrons. The van der Waals surface area contributed by atoms with Crippen molar-refractivity contribution in [1.29, 1.82) is 0 Å². The molecule has 0 amide bonds. The highest BCUT2D eigenvalue weighted by Gasteiger charge is 2.31. The van der Waals surface area contributed by atoms with Crippen molar-refractivity contribution in [2.45, 2.75) is 69.7 Å². The highest BCUT2D eigenvalue weighted by Crippen LogP contribution is 2.25. The molecule has 2 atom stereocenters. The van der Waals surface area contributed by atoms with E-state index in [0.29, 0.717) is 18.6 Å². The van der Waals surface area contributed by atoms with Gasteiger partial charge in [-0.05, 0) is 43.4 Å². The van der Waals surface area contributed by atoms with Gasteiger partial charge in [0, 0.05) is 38.1 Å². The fourth-order valence-corrected chi connectivity index (χ4v) is 4.75. The third-order valence-corrected chi connectivity index (χ3v) is 6.54. The summed E-state index contributed by atoms with van der Waals surface area (Å²) in [5.74, 6) is 1.85. The molecule has 3 N–H and O–H groups in total. The molecule has 2 fully saturated rings. The van der Waals surface area contributed by atoms with Crippen LogP contribution in [0.5, 0.6) is 0 Å². The molecule has 0 bridgehead atoms. The van der Waals surface area contributed by atoms with E-state index in [-0.39, 0.29) is 6.10 Å². The Balaban J connectivity index is 1.30. The van der Waals surface area contributed by atoms with Crippen LogP contribution in [0.3, 0.4) is 0 Å². The molecule has 6 heteroatoms. The lowest BCUT2D eigenvalue weighted by atomic mass is 9.89. The van der Waals surface area contributed by atoms with Gasteiger partial charge in [-0.15, -0.1) is 0 Å². The number of nitrogens with one attached hydrogen (secondary N) is 2. The maximum Gasteiger partial charge on any atom is 0.191 e. The molecule has 2 aliphatic rings. The second-order valence-electron chi connectivity index (χ2n) is 8.78. The van der Waals surface area contributed by atoms with Crippen molar-refractivity contribution in [3.05, 3.63) is 60.1 Å². The summed E-state index contributed by atoms with van der Waals surface area (Å²) in [5.41, 5.74) is 1.20. The van der Waals surface area contributed by atoms with Gasteiger partial charge in [0.05, 0.1) is 18.9 Å². The van der Waals surface area contributed by atoms with Crippen LogP contribution < -0.4 is 10.6 Å². The summed E-state index contributed by atoms with van der Waals surface area (Å²) in [4.78, 5) is 7.35. The zero-order valence-corrected chi connectivity index (χ0v) is 18.4. The number of aliphatic hydroxyl groups excluding tert-OH is 1. The number of benzene rings is 1. The van der Waals surface area contributed by atoms with E-state index in [1.165, 1.54) is 18.4 Å². The van der Waals surface area contributed by atoms with Gasteiger partial charge in [0.15, 0.2) is 5.96 Å². The van der Waals surface area contributed by atoms with Gasteiger partial charge in [-0.25, -0.2) is 4.99 Å². The molecule has 2 aromatic rings. The second kappa shape index (κ2) is 11.3. The minimum absolute atomic E-state index is 0.149. The predicted octanol–water partition coefficient (Wildman–Crippen LogP) is 3.33. The maximum atomic E-state index is 10.4. The molecule has 1 aliphatic carbocycles. The van der Waals surface area contributed by atoms with E-state index in [1.807, 2.05) is 18.2 Å². The summed E-state index contributed by atoms with van der Waals surface area (Å²) in [5, 5.41) is 17.5. The first kappa shape index (κ1) is 21.9. The molecular weight excluding hydrogens is 388 g/mol. The molecule has 1 saturated heterocycles. The maximum absolute atomic E-state index is 10.4. The molecule has 6 nitrogen and oxygen atoms in total. The Bertz CT molecular complexity index is 785. The van der Waals surface area contributed by atoms with Gasteiger partial charge in [0.1, 0.15) is 5.76 Å². The van der Waals surface area contributed by atoms with Crippen LogP contribution in [0.15, 0.2) is 58.1 Å². The van der Waals surface area contributed by atoms with E-state index in [2.05, 4.69) is 39.8 Å². The molecule has 1 aromatic carbocycles. The first-order chi connectivity index (χ1) is 15.3. The van der Waals surface area contributed by atoms with E-state index < -0.39 is 0 Å². The minimum Gasteiger partial charge on any atom is -0.469 e. The first-order valence-electron chi connectivity index (χ1n) is 11.8. The number of piperidine rings is 1. The zero-order valence-electron chi connectivity index (χ0n) is 18.4. The van der Waals surface area contributed by atoms with Gasteiger partial charge in [-0.3, -0.25) is 4.90 Å². The number of nitrogens with zero attached hydrogens (tertiary/aromatic N) is 2. The SMILES string of the molecule is OC1CCCCC1N1CCC(NC(=NCc2ccccc2)NCCc2ccco2)CC1.